The van der Waals surface area contributed by atoms with Crippen LogP contribution in [0.1, 0.15) is 6.42 Å². The number of hydrogen-bond donors (Lipinski definition) is 2. The van der Waals surface area contributed by atoms with Crippen LogP contribution in [0, 0.1) is 5.92 Å². The van der Waals surface area contributed by atoms with E-state index in [1.165, 1.54) is 7.11 Å². The Labute approximate surface area is 66.1 Å². The molecular formula is C7H14N2O2. The van der Waals surface area contributed by atoms with Gasteiger partial charge in [0.05, 0.1) is 7.11 Å². The van der Waals surface area contributed by atoms with E-state index in [0.29, 0.717) is 12.5 Å². The van der Waals surface area contributed by atoms with Gasteiger partial charge in [0.1, 0.15) is 6.04 Å². The molecule has 4 nitrogen and oxygen atoms in total. The van der Waals surface area contributed by atoms with Crippen LogP contribution in [0.2, 0.25) is 0 Å². The standard InChI is InChI=1S/C7H14N2O2/c1-11-7(10)6-2-5(3-8)4-9-6/h5-6,9H,2-4,8H2,1H3/t5-,6-/m0/s1. The van der Waals surface area contributed by atoms with E-state index in [1.807, 2.05) is 0 Å². The Morgan fingerprint density at radius 1 is 1.82 bits per heavy atom. The lowest BCUT2D eigenvalue weighted by Gasteiger charge is -2.06. The second-order valence-electron chi connectivity index (χ2n) is 2.82. The van der Waals surface area contributed by atoms with Gasteiger partial charge in [0.2, 0.25) is 0 Å². The highest BCUT2D eigenvalue weighted by Gasteiger charge is 2.28. The Morgan fingerprint density at radius 2 is 2.55 bits per heavy atom. The molecule has 1 rings (SSSR count). The third-order valence-electron chi connectivity index (χ3n) is 2.04. The predicted molar refractivity (Wildman–Crippen MR) is 41.0 cm³/mol. The average Bonchev–Trinajstić information content (AvgIpc) is 2.50. The summed E-state index contributed by atoms with van der Waals surface area (Å²) in [5, 5.41) is 3.05. The van der Waals surface area contributed by atoms with Gasteiger partial charge < -0.3 is 15.8 Å². The molecule has 1 fully saturated rings. The van der Waals surface area contributed by atoms with Crippen LogP contribution in [-0.2, 0) is 9.53 Å². The molecule has 0 radical (unpaired) electrons. The van der Waals surface area contributed by atoms with Crippen molar-refractivity contribution in [2.24, 2.45) is 11.7 Å². The van der Waals surface area contributed by atoms with Crippen molar-refractivity contribution in [3.8, 4) is 0 Å². The van der Waals surface area contributed by atoms with Crippen LogP contribution in [-0.4, -0.2) is 32.2 Å². The monoisotopic (exact) mass is 158 g/mol. The molecule has 0 unspecified atom stereocenters. The quantitative estimate of drug-likeness (QED) is 0.511. The van der Waals surface area contributed by atoms with Crippen molar-refractivity contribution in [2.75, 3.05) is 20.2 Å². The number of nitrogens with one attached hydrogen (secondary N) is 1. The number of esters is 1. The minimum Gasteiger partial charge on any atom is -0.468 e. The van der Waals surface area contributed by atoms with Gasteiger partial charge in [0.25, 0.3) is 0 Å². The van der Waals surface area contributed by atoms with Crippen LogP contribution in [0.4, 0.5) is 0 Å². The van der Waals surface area contributed by atoms with E-state index in [1.54, 1.807) is 0 Å². The van der Waals surface area contributed by atoms with Crippen molar-refractivity contribution in [3.63, 3.8) is 0 Å². The van der Waals surface area contributed by atoms with E-state index in [9.17, 15) is 4.79 Å². The molecule has 0 saturated carbocycles. The molecule has 1 aliphatic heterocycles. The molecule has 1 saturated heterocycles. The Kier molecular flexibility index (Phi) is 2.84. The Balaban J connectivity index is 2.35. The molecule has 64 valence electrons. The number of methoxy groups -OCH3 is 1. The largest absolute Gasteiger partial charge is 0.468 e. The third kappa shape index (κ3) is 1.91. The fraction of sp³-hybridized carbons (Fsp3) is 0.857. The van der Waals surface area contributed by atoms with E-state index in [0.717, 1.165) is 13.0 Å². The molecule has 2 atom stereocenters. The first-order valence-corrected chi connectivity index (χ1v) is 3.79. The lowest BCUT2D eigenvalue weighted by Crippen LogP contribution is -2.31. The summed E-state index contributed by atoms with van der Waals surface area (Å²) in [6.45, 7) is 1.47. The Hall–Kier alpha value is -0.610. The molecule has 0 aliphatic carbocycles. The zero-order chi connectivity index (χ0) is 8.27. The van der Waals surface area contributed by atoms with Gasteiger partial charge in [0, 0.05) is 6.54 Å². The maximum absolute atomic E-state index is 11.0. The van der Waals surface area contributed by atoms with E-state index >= 15 is 0 Å². The van der Waals surface area contributed by atoms with Gasteiger partial charge in [-0.25, -0.2) is 0 Å². The van der Waals surface area contributed by atoms with Crippen molar-refractivity contribution in [3.05, 3.63) is 0 Å². The average molecular weight is 158 g/mol. The fourth-order valence-corrected chi connectivity index (χ4v) is 1.31. The van der Waals surface area contributed by atoms with Gasteiger partial charge in [-0.05, 0) is 18.9 Å². The number of hydrogen-bond acceptors (Lipinski definition) is 4. The number of ether oxygens (including phenoxy) is 1. The van der Waals surface area contributed by atoms with Crippen LogP contribution in [0.5, 0.6) is 0 Å². The first-order chi connectivity index (χ1) is 5.27. The zero-order valence-electron chi connectivity index (χ0n) is 6.67. The van der Waals surface area contributed by atoms with Crippen molar-refractivity contribution >= 4 is 5.97 Å². The minimum atomic E-state index is -0.180. The first kappa shape index (κ1) is 8.49. The molecular weight excluding hydrogens is 144 g/mol. The summed E-state index contributed by atoms with van der Waals surface area (Å²) in [6.07, 6.45) is 0.809. The highest BCUT2D eigenvalue weighted by atomic mass is 16.5. The van der Waals surface area contributed by atoms with Crippen molar-refractivity contribution < 1.29 is 9.53 Å². The van der Waals surface area contributed by atoms with Crippen LogP contribution in [0.25, 0.3) is 0 Å². The predicted octanol–water partition coefficient (Wildman–Crippen LogP) is -0.904. The summed E-state index contributed by atoms with van der Waals surface area (Å²) >= 11 is 0. The van der Waals surface area contributed by atoms with Crippen molar-refractivity contribution in [1.29, 1.82) is 0 Å². The van der Waals surface area contributed by atoms with Crippen LogP contribution < -0.4 is 11.1 Å². The number of rotatable bonds is 2. The molecule has 1 aliphatic rings. The van der Waals surface area contributed by atoms with Crippen molar-refractivity contribution in [2.45, 2.75) is 12.5 Å². The van der Waals surface area contributed by atoms with Gasteiger partial charge in [0.15, 0.2) is 0 Å². The second-order valence-corrected chi connectivity index (χ2v) is 2.82. The normalized spacial score (nSPS) is 30.4. The van der Waals surface area contributed by atoms with Gasteiger partial charge in [-0.1, -0.05) is 0 Å². The molecule has 1 heterocycles. The van der Waals surface area contributed by atoms with Gasteiger partial charge in [-0.2, -0.15) is 0 Å². The number of carbonyl (C=O) groups is 1. The molecule has 0 amide bonds. The zero-order valence-corrected chi connectivity index (χ0v) is 6.67. The van der Waals surface area contributed by atoms with Crippen LogP contribution in [0.15, 0.2) is 0 Å². The van der Waals surface area contributed by atoms with Gasteiger partial charge in [-0.15, -0.1) is 0 Å². The van der Waals surface area contributed by atoms with Crippen molar-refractivity contribution in [1.82, 2.24) is 5.32 Å². The number of nitrogens with two attached hydrogens (primary N) is 1. The van der Waals surface area contributed by atoms with Gasteiger partial charge >= 0.3 is 5.97 Å². The molecule has 4 heteroatoms. The highest BCUT2D eigenvalue weighted by Crippen LogP contribution is 2.12. The topological polar surface area (TPSA) is 64.3 Å². The summed E-state index contributed by atoms with van der Waals surface area (Å²) in [5.41, 5.74) is 5.45. The van der Waals surface area contributed by atoms with E-state index in [4.69, 9.17) is 5.73 Å². The SMILES string of the molecule is COC(=O)[C@@H]1C[C@@H](CN)CN1. The van der Waals surface area contributed by atoms with Crippen LogP contribution in [0.3, 0.4) is 0 Å². The van der Waals surface area contributed by atoms with E-state index in [-0.39, 0.29) is 12.0 Å². The summed E-state index contributed by atoms with van der Waals surface area (Å²) in [7, 11) is 1.40. The minimum absolute atomic E-state index is 0.131. The summed E-state index contributed by atoms with van der Waals surface area (Å²) in [5.74, 6) is 0.250. The maximum atomic E-state index is 11.0. The van der Waals surface area contributed by atoms with E-state index in [2.05, 4.69) is 10.1 Å². The molecule has 0 aromatic carbocycles. The van der Waals surface area contributed by atoms with E-state index < -0.39 is 0 Å². The summed E-state index contributed by atoms with van der Waals surface area (Å²) < 4.78 is 4.58. The first-order valence-electron chi connectivity index (χ1n) is 3.79. The smallest absolute Gasteiger partial charge is 0.322 e. The summed E-state index contributed by atoms with van der Waals surface area (Å²) in [4.78, 5) is 11.0. The third-order valence-corrected chi connectivity index (χ3v) is 2.04. The fourth-order valence-electron chi connectivity index (χ4n) is 1.31. The molecule has 3 N–H and O–H groups in total. The second kappa shape index (κ2) is 3.69. The lowest BCUT2D eigenvalue weighted by molar-refractivity contribution is -0.142. The molecule has 0 aromatic rings. The lowest BCUT2D eigenvalue weighted by atomic mass is 10.1. The summed E-state index contributed by atoms with van der Waals surface area (Å²) in [6, 6.07) is -0.131. The van der Waals surface area contributed by atoms with Gasteiger partial charge in [-0.3, -0.25) is 4.79 Å². The number of carbonyl (C=O) groups excluding carboxylic acids is 1. The molecule has 0 bridgehead atoms. The Bertz CT molecular complexity index is 149. The van der Waals surface area contributed by atoms with Crippen LogP contribution >= 0.6 is 0 Å². The molecule has 0 aromatic heterocycles. The molecule has 0 spiro atoms. The highest BCUT2D eigenvalue weighted by molar-refractivity contribution is 5.76. The Morgan fingerprint density at radius 3 is 3.00 bits per heavy atom. The molecule has 11 heavy (non-hydrogen) atoms. The maximum Gasteiger partial charge on any atom is 0.322 e.